The van der Waals surface area contributed by atoms with Gasteiger partial charge in [0.25, 0.3) is 0 Å². The van der Waals surface area contributed by atoms with Crippen molar-refractivity contribution in [1.29, 1.82) is 0 Å². The molecule has 1 fully saturated rings. The molecule has 18 heavy (non-hydrogen) atoms. The van der Waals surface area contributed by atoms with Crippen LogP contribution in [0.25, 0.3) is 0 Å². The number of nitrogens with zero attached hydrogens (tertiary/aromatic N) is 2. The molecule has 1 aromatic heterocycles. The molecule has 0 amide bonds. The second kappa shape index (κ2) is 6.34. The largest absolute Gasteiger partial charge is 0.444 e. The highest BCUT2D eigenvalue weighted by molar-refractivity contribution is 4.94. The summed E-state index contributed by atoms with van der Waals surface area (Å²) in [6.07, 6.45) is 4.01. The molecule has 0 saturated carbocycles. The first kappa shape index (κ1) is 13.6. The first-order valence-corrected chi connectivity index (χ1v) is 7.06. The van der Waals surface area contributed by atoms with Crippen molar-refractivity contribution in [2.24, 2.45) is 5.92 Å². The zero-order valence-electron chi connectivity index (χ0n) is 11.8. The molecule has 0 aliphatic carbocycles. The number of piperazine rings is 1. The van der Waals surface area contributed by atoms with Gasteiger partial charge in [0, 0.05) is 32.1 Å². The molecule has 1 saturated heterocycles. The number of hydrogen-bond acceptors (Lipinski definition) is 4. The SMILES string of the molecule is CCc1cnc(CN2CCNC(CC(C)C)C2)o1. The molecule has 1 atom stereocenters. The van der Waals surface area contributed by atoms with Crippen molar-refractivity contribution in [3.63, 3.8) is 0 Å². The molecule has 1 aromatic rings. The summed E-state index contributed by atoms with van der Waals surface area (Å²) in [7, 11) is 0. The Labute approximate surface area is 110 Å². The Kier molecular flexibility index (Phi) is 4.78. The molecule has 102 valence electrons. The van der Waals surface area contributed by atoms with Crippen LogP contribution in [-0.4, -0.2) is 35.6 Å². The first-order valence-electron chi connectivity index (χ1n) is 7.06. The monoisotopic (exact) mass is 251 g/mol. The number of hydrogen-bond donors (Lipinski definition) is 1. The van der Waals surface area contributed by atoms with Gasteiger partial charge in [-0.1, -0.05) is 20.8 Å². The number of rotatable bonds is 5. The summed E-state index contributed by atoms with van der Waals surface area (Å²) in [4.78, 5) is 6.78. The highest BCUT2D eigenvalue weighted by Crippen LogP contribution is 2.13. The van der Waals surface area contributed by atoms with Gasteiger partial charge in [-0.2, -0.15) is 0 Å². The minimum Gasteiger partial charge on any atom is -0.444 e. The topological polar surface area (TPSA) is 41.3 Å². The van der Waals surface area contributed by atoms with Crippen molar-refractivity contribution >= 4 is 0 Å². The fourth-order valence-corrected chi connectivity index (χ4v) is 2.54. The Bertz CT molecular complexity index is 362. The molecular weight excluding hydrogens is 226 g/mol. The van der Waals surface area contributed by atoms with Gasteiger partial charge in [-0.3, -0.25) is 4.90 Å². The van der Waals surface area contributed by atoms with Crippen LogP contribution >= 0.6 is 0 Å². The molecule has 1 unspecified atom stereocenters. The fourth-order valence-electron chi connectivity index (χ4n) is 2.54. The molecule has 0 spiro atoms. The third kappa shape index (κ3) is 3.82. The van der Waals surface area contributed by atoms with Crippen LogP contribution in [0.2, 0.25) is 0 Å². The summed E-state index contributed by atoms with van der Waals surface area (Å²) in [6, 6.07) is 0.611. The van der Waals surface area contributed by atoms with Crippen molar-refractivity contribution in [2.75, 3.05) is 19.6 Å². The van der Waals surface area contributed by atoms with E-state index in [0.717, 1.165) is 50.2 Å². The van der Waals surface area contributed by atoms with E-state index in [2.05, 4.69) is 36.0 Å². The number of aromatic nitrogens is 1. The van der Waals surface area contributed by atoms with Gasteiger partial charge in [0.05, 0.1) is 12.7 Å². The Hall–Kier alpha value is -0.870. The highest BCUT2D eigenvalue weighted by Gasteiger charge is 2.21. The van der Waals surface area contributed by atoms with Crippen LogP contribution in [0.15, 0.2) is 10.6 Å². The van der Waals surface area contributed by atoms with E-state index >= 15 is 0 Å². The lowest BCUT2D eigenvalue weighted by atomic mass is 10.0. The van der Waals surface area contributed by atoms with E-state index in [1.54, 1.807) is 0 Å². The maximum absolute atomic E-state index is 5.68. The summed E-state index contributed by atoms with van der Waals surface area (Å²) in [5.74, 6) is 2.59. The van der Waals surface area contributed by atoms with Crippen LogP contribution in [-0.2, 0) is 13.0 Å². The van der Waals surface area contributed by atoms with E-state index in [0.29, 0.717) is 6.04 Å². The lowest BCUT2D eigenvalue weighted by molar-refractivity contribution is 0.165. The summed E-state index contributed by atoms with van der Waals surface area (Å²) < 4.78 is 5.68. The second-order valence-corrected chi connectivity index (χ2v) is 5.59. The van der Waals surface area contributed by atoms with Crippen LogP contribution in [0.1, 0.15) is 38.8 Å². The zero-order valence-corrected chi connectivity index (χ0v) is 11.8. The maximum Gasteiger partial charge on any atom is 0.208 e. The molecule has 1 N–H and O–H groups in total. The number of nitrogens with one attached hydrogen (secondary N) is 1. The minimum absolute atomic E-state index is 0.611. The Morgan fingerprint density at radius 2 is 2.39 bits per heavy atom. The predicted molar refractivity (Wildman–Crippen MR) is 72.4 cm³/mol. The van der Waals surface area contributed by atoms with Crippen molar-refractivity contribution in [3.05, 3.63) is 17.8 Å². The van der Waals surface area contributed by atoms with Gasteiger partial charge < -0.3 is 9.73 Å². The molecule has 1 aliphatic rings. The molecule has 1 aliphatic heterocycles. The normalized spacial score (nSPS) is 21.7. The summed E-state index contributed by atoms with van der Waals surface area (Å²) in [5.41, 5.74) is 0. The van der Waals surface area contributed by atoms with E-state index in [-0.39, 0.29) is 0 Å². The van der Waals surface area contributed by atoms with Gasteiger partial charge in [-0.25, -0.2) is 4.98 Å². The van der Waals surface area contributed by atoms with Crippen LogP contribution in [0.4, 0.5) is 0 Å². The highest BCUT2D eigenvalue weighted by atomic mass is 16.4. The van der Waals surface area contributed by atoms with Gasteiger partial charge in [0.15, 0.2) is 0 Å². The Morgan fingerprint density at radius 1 is 1.56 bits per heavy atom. The quantitative estimate of drug-likeness (QED) is 0.869. The second-order valence-electron chi connectivity index (χ2n) is 5.59. The average molecular weight is 251 g/mol. The van der Waals surface area contributed by atoms with Crippen molar-refractivity contribution in [3.8, 4) is 0 Å². The van der Waals surface area contributed by atoms with Gasteiger partial charge >= 0.3 is 0 Å². The molecule has 2 rings (SSSR count). The lowest BCUT2D eigenvalue weighted by Crippen LogP contribution is -2.50. The van der Waals surface area contributed by atoms with Crippen molar-refractivity contribution in [1.82, 2.24) is 15.2 Å². The van der Waals surface area contributed by atoms with Gasteiger partial charge in [0.1, 0.15) is 5.76 Å². The standard InChI is InChI=1S/C14H25N3O/c1-4-13-8-16-14(18-13)10-17-6-5-15-12(9-17)7-11(2)3/h8,11-12,15H,4-7,9-10H2,1-3H3. The first-order chi connectivity index (χ1) is 8.67. The smallest absolute Gasteiger partial charge is 0.208 e. The Morgan fingerprint density at radius 3 is 3.06 bits per heavy atom. The summed E-state index contributed by atoms with van der Waals surface area (Å²) in [5, 5.41) is 3.59. The van der Waals surface area contributed by atoms with E-state index in [1.807, 2.05) is 6.20 Å². The van der Waals surface area contributed by atoms with Gasteiger partial charge in [-0.15, -0.1) is 0 Å². The summed E-state index contributed by atoms with van der Waals surface area (Å²) in [6.45, 7) is 10.7. The summed E-state index contributed by atoms with van der Waals surface area (Å²) >= 11 is 0. The van der Waals surface area contributed by atoms with Gasteiger partial charge in [0.2, 0.25) is 5.89 Å². The molecule has 0 bridgehead atoms. The third-order valence-electron chi connectivity index (χ3n) is 3.40. The number of oxazole rings is 1. The molecule has 0 aromatic carbocycles. The zero-order chi connectivity index (χ0) is 13.0. The van der Waals surface area contributed by atoms with E-state index in [9.17, 15) is 0 Å². The molecule has 4 heteroatoms. The van der Waals surface area contributed by atoms with E-state index < -0.39 is 0 Å². The van der Waals surface area contributed by atoms with Gasteiger partial charge in [-0.05, 0) is 12.3 Å². The van der Waals surface area contributed by atoms with Crippen molar-refractivity contribution in [2.45, 2.75) is 46.2 Å². The fraction of sp³-hybridized carbons (Fsp3) is 0.786. The molecular formula is C14H25N3O. The average Bonchev–Trinajstić information content (AvgIpc) is 2.76. The predicted octanol–water partition coefficient (Wildman–Crippen LogP) is 2.06. The third-order valence-corrected chi connectivity index (χ3v) is 3.40. The van der Waals surface area contributed by atoms with E-state index in [4.69, 9.17) is 4.42 Å². The molecule has 2 heterocycles. The van der Waals surface area contributed by atoms with E-state index in [1.165, 1.54) is 6.42 Å². The van der Waals surface area contributed by atoms with Crippen LogP contribution in [0.3, 0.4) is 0 Å². The van der Waals surface area contributed by atoms with Crippen LogP contribution in [0, 0.1) is 5.92 Å². The lowest BCUT2D eigenvalue weighted by Gasteiger charge is -2.33. The maximum atomic E-state index is 5.68. The number of aryl methyl sites for hydroxylation is 1. The minimum atomic E-state index is 0.611. The molecule has 0 radical (unpaired) electrons. The Balaban J connectivity index is 1.85. The molecule has 4 nitrogen and oxygen atoms in total. The van der Waals surface area contributed by atoms with Crippen LogP contribution in [0.5, 0.6) is 0 Å². The van der Waals surface area contributed by atoms with Crippen LogP contribution < -0.4 is 5.32 Å². The van der Waals surface area contributed by atoms with Crippen molar-refractivity contribution < 1.29 is 4.42 Å².